The van der Waals surface area contributed by atoms with Gasteiger partial charge in [-0.2, -0.15) is 0 Å². The minimum Gasteiger partial charge on any atom is -0.493 e. The van der Waals surface area contributed by atoms with Crippen LogP contribution in [-0.2, 0) is 6.42 Å². The van der Waals surface area contributed by atoms with Crippen molar-refractivity contribution in [2.45, 2.75) is 19.4 Å². The highest BCUT2D eigenvalue weighted by Gasteiger charge is 2.16. The fourth-order valence-corrected chi connectivity index (χ4v) is 1.94. The Morgan fingerprint density at radius 3 is 2.22 bits per heavy atom. The van der Waals surface area contributed by atoms with E-state index in [1.54, 1.807) is 14.2 Å². The molecule has 0 saturated heterocycles. The summed E-state index contributed by atoms with van der Waals surface area (Å²) in [4.78, 5) is 2.17. The van der Waals surface area contributed by atoms with Crippen LogP contribution in [-0.4, -0.2) is 33.2 Å². The fraction of sp³-hybridized carbons (Fsp3) is 0.467. The molecule has 0 aromatic heterocycles. The largest absolute Gasteiger partial charge is 0.493 e. The Hall–Kier alpha value is -1.48. The standard InChI is InChI=1S/C15H23NO2/c1-7-8-12-9-14(17-5)15(18-6)10-13(12)11(2)16(3)4/h7,9-11H,1,8H2,2-6H3/t11-/m1/s1. The average Bonchev–Trinajstić information content (AvgIpc) is 2.37. The molecule has 0 radical (unpaired) electrons. The highest BCUT2D eigenvalue weighted by atomic mass is 16.5. The minimum absolute atomic E-state index is 0.319. The molecule has 0 bridgehead atoms. The molecule has 0 fully saturated rings. The summed E-state index contributed by atoms with van der Waals surface area (Å²) in [6.07, 6.45) is 2.74. The average molecular weight is 249 g/mol. The Bertz CT molecular complexity index is 413. The second-order valence-corrected chi connectivity index (χ2v) is 4.54. The highest BCUT2D eigenvalue weighted by molar-refractivity contribution is 5.49. The third kappa shape index (κ3) is 3.05. The predicted octanol–water partition coefficient (Wildman–Crippen LogP) is 3.05. The van der Waals surface area contributed by atoms with Gasteiger partial charge in [0.05, 0.1) is 14.2 Å². The number of ether oxygens (including phenoxy) is 2. The van der Waals surface area contributed by atoms with Gasteiger partial charge in [-0.25, -0.2) is 0 Å². The Labute approximate surface area is 110 Å². The highest BCUT2D eigenvalue weighted by Crippen LogP contribution is 2.34. The first-order valence-corrected chi connectivity index (χ1v) is 6.07. The fourth-order valence-electron chi connectivity index (χ4n) is 1.94. The van der Waals surface area contributed by atoms with E-state index < -0.39 is 0 Å². The first-order chi connectivity index (χ1) is 8.54. The van der Waals surface area contributed by atoms with E-state index in [9.17, 15) is 0 Å². The number of nitrogens with zero attached hydrogens (tertiary/aromatic N) is 1. The van der Waals surface area contributed by atoms with Gasteiger partial charge in [0, 0.05) is 6.04 Å². The SMILES string of the molecule is C=CCc1cc(OC)c(OC)cc1[C@@H](C)N(C)C. The molecule has 1 aromatic rings. The first kappa shape index (κ1) is 14.6. The molecular weight excluding hydrogens is 226 g/mol. The summed E-state index contributed by atoms with van der Waals surface area (Å²) < 4.78 is 10.7. The van der Waals surface area contributed by atoms with Crippen LogP contribution < -0.4 is 9.47 Å². The topological polar surface area (TPSA) is 21.7 Å². The summed E-state index contributed by atoms with van der Waals surface area (Å²) in [5.74, 6) is 1.54. The molecule has 18 heavy (non-hydrogen) atoms. The zero-order valence-corrected chi connectivity index (χ0v) is 12.0. The molecule has 100 valence electrons. The number of rotatable bonds is 6. The van der Waals surface area contributed by atoms with Crippen LogP contribution in [0.4, 0.5) is 0 Å². The van der Waals surface area contributed by atoms with Crippen molar-refractivity contribution < 1.29 is 9.47 Å². The molecule has 0 N–H and O–H groups in total. The molecular formula is C15H23NO2. The third-order valence-electron chi connectivity index (χ3n) is 3.23. The van der Waals surface area contributed by atoms with Crippen LogP contribution in [0.25, 0.3) is 0 Å². The van der Waals surface area contributed by atoms with Gasteiger partial charge < -0.3 is 14.4 Å². The van der Waals surface area contributed by atoms with Gasteiger partial charge in [-0.3, -0.25) is 0 Å². The molecule has 1 rings (SSSR count). The van der Waals surface area contributed by atoms with E-state index in [4.69, 9.17) is 9.47 Å². The van der Waals surface area contributed by atoms with Gasteiger partial charge in [0.15, 0.2) is 11.5 Å². The van der Waals surface area contributed by atoms with E-state index in [1.807, 2.05) is 12.1 Å². The Balaban J connectivity index is 3.32. The maximum Gasteiger partial charge on any atom is 0.161 e. The van der Waals surface area contributed by atoms with Gasteiger partial charge in [0.25, 0.3) is 0 Å². The van der Waals surface area contributed by atoms with Crippen LogP contribution in [0.15, 0.2) is 24.8 Å². The lowest BCUT2D eigenvalue weighted by Gasteiger charge is -2.24. The summed E-state index contributed by atoms with van der Waals surface area (Å²) in [6, 6.07) is 4.41. The summed E-state index contributed by atoms with van der Waals surface area (Å²) in [5, 5.41) is 0. The normalized spacial score (nSPS) is 12.3. The van der Waals surface area contributed by atoms with E-state index in [2.05, 4.69) is 38.6 Å². The first-order valence-electron chi connectivity index (χ1n) is 6.07. The molecule has 3 nitrogen and oxygen atoms in total. The monoisotopic (exact) mass is 249 g/mol. The number of hydrogen-bond donors (Lipinski definition) is 0. The maximum atomic E-state index is 5.37. The van der Waals surface area contributed by atoms with Crippen LogP contribution in [0.1, 0.15) is 24.1 Å². The second kappa shape index (κ2) is 6.45. The summed E-state index contributed by atoms with van der Waals surface area (Å²) in [5.41, 5.74) is 2.47. The summed E-state index contributed by atoms with van der Waals surface area (Å²) >= 11 is 0. The van der Waals surface area contributed by atoms with Crippen molar-refractivity contribution in [3.63, 3.8) is 0 Å². The van der Waals surface area contributed by atoms with Crippen molar-refractivity contribution in [2.75, 3.05) is 28.3 Å². The van der Waals surface area contributed by atoms with E-state index >= 15 is 0 Å². The minimum atomic E-state index is 0.319. The van der Waals surface area contributed by atoms with Crippen molar-refractivity contribution in [3.8, 4) is 11.5 Å². The summed E-state index contributed by atoms with van der Waals surface area (Å²) in [6.45, 7) is 5.99. The quantitative estimate of drug-likeness (QED) is 0.723. The molecule has 0 unspecified atom stereocenters. The van der Waals surface area contributed by atoms with Gasteiger partial charge in [0.1, 0.15) is 0 Å². The molecule has 1 atom stereocenters. The van der Waals surface area contributed by atoms with Crippen molar-refractivity contribution in [3.05, 3.63) is 35.9 Å². The number of hydrogen-bond acceptors (Lipinski definition) is 3. The lowest BCUT2D eigenvalue weighted by molar-refractivity contribution is 0.315. The number of methoxy groups -OCH3 is 2. The summed E-state index contributed by atoms with van der Waals surface area (Å²) in [7, 11) is 7.46. The number of allylic oxidation sites excluding steroid dienone is 1. The van der Waals surface area contributed by atoms with Crippen molar-refractivity contribution >= 4 is 0 Å². The Kier molecular flexibility index (Phi) is 5.23. The van der Waals surface area contributed by atoms with E-state index in [-0.39, 0.29) is 0 Å². The maximum absolute atomic E-state index is 5.37. The molecule has 3 heteroatoms. The molecule has 0 amide bonds. The Morgan fingerprint density at radius 1 is 1.22 bits per heavy atom. The van der Waals surface area contributed by atoms with E-state index in [0.717, 1.165) is 17.9 Å². The molecule has 0 aliphatic rings. The van der Waals surface area contributed by atoms with Gasteiger partial charge in [-0.05, 0) is 50.7 Å². The van der Waals surface area contributed by atoms with Crippen LogP contribution in [0, 0.1) is 0 Å². The predicted molar refractivity (Wildman–Crippen MR) is 75.5 cm³/mol. The molecule has 0 saturated carbocycles. The van der Waals surface area contributed by atoms with Crippen LogP contribution >= 0.6 is 0 Å². The molecule has 0 spiro atoms. The molecule has 1 aromatic carbocycles. The van der Waals surface area contributed by atoms with Crippen LogP contribution in [0.2, 0.25) is 0 Å². The molecule has 0 aliphatic carbocycles. The van der Waals surface area contributed by atoms with Gasteiger partial charge in [-0.1, -0.05) is 6.08 Å². The van der Waals surface area contributed by atoms with Crippen molar-refractivity contribution in [1.82, 2.24) is 4.90 Å². The van der Waals surface area contributed by atoms with Crippen molar-refractivity contribution in [1.29, 1.82) is 0 Å². The zero-order chi connectivity index (χ0) is 13.7. The third-order valence-corrected chi connectivity index (χ3v) is 3.23. The van der Waals surface area contributed by atoms with Gasteiger partial charge in [0.2, 0.25) is 0 Å². The van der Waals surface area contributed by atoms with Crippen LogP contribution in [0.5, 0.6) is 11.5 Å². The van der Waals surface area contributed by atoms with E-state index in [0.29, 0.717) is 6.04 Å². The number of benzene rings is 1. The van der Waals surface area contributed by atoms with Gasteiger partial charge in [-0.15, -0.1) is 6.58 Å². The molecule has 0 heterocycles. The Morgan fingerprint density at radius 2 is 1.78 bits per heavy atom. The lowest BCUT2D eigenvalue weighted by atomic mass is 9.97. The van der Waals surface area contributed by atoms with Gasteiger partial charge >= 0.3 is 0 Å². The van der Waals surface area contributed by atoms with Crippen LogP contribution in [0.3, 0.4) is 0 Å². The van der Waals surface area contributed by atoms with E-state index in [1.165, 1.54) is 11.1 Å². The smallest absolute Gasteiger partial charge is 0.161 e. The van der Waals surface area contributed by atoms with Crippen molar-refractivity contribution in [2.24, 2.45) is 0 Å². The lowest BCUT2D eigenvalue weighted by Crippen LogP contribution is -2.18. The second-order valence-electron chi connectivity index (χ2n) is 4.54. The molecule has 0 aliphatic heterocycles. The zero-order valence-electron chi connectivity index (χ0n) is 12.0.